The SMILES string of the molecule is CC(C)c1cc(Br)ccc1N1CC(S(=O)(=O)F)CC1=O. The molecule has 1 saturated heterocycles. The second kappa shape index (κ2) is 5.44. The van der Waals surface area contributed by atoms with Crippen LogP contribution in [0.5, 0.6) is 0 Å². The first kappa shape index (κ1) is 15.4. The first-order chi connectivity index (χ1) is 9.20. The highest BCUT2D eigenvalue weighted by molar-refractivity contribution is 9.10. The Hall–Kier alpha value is -0.950. The lowest BCUT2D eigenvalue weighted by Crippen LogP contribution is -2.28. The molecule has 1 fully saturated rings. The van der Waals surface area contributed by atoms with Gasteiger partial charge in [0.1, 0.15) is 5.25 Å². The average Bonchev–Trinajstić information content (AvgIpc) is 2.71. The first-order valence-electron chi connectivity index (χ1n) is 6.23. The molecule has 1 aliphatic rings. The van der Waals surface area contributed by atoms with E-state index in [1.54, 1.807) is 12.1 Å². The minimum atomic E-state index is -4.69. The molecule has 1 atom stereocenters. The largest absolute Gasteiger partial charge is 0.311 e. The number of hydrogen-bond donors (Lipinski definition) is 0. The van der Waals surface area contributed by atoms with Crippen molar-refractivity contribution in [3.8, 4) is 0 Å². The van der Waals surface area contributed by atoms with Crippen LogP contribution in [0.4, 0.5) is 9.57 Å². The first-order valence-corrected chi connectivity index (χ1v) is 8.47. The molecule has 0 bridgehead atoms. The lowest BCUT2D eigenvalue weighted by atomic mass is 10.0. The predicted molar refractivity (Wildman–Crippen MR) is 79.0 cm³/mol. The molecule has 0 spiro atoms. The maximum absolute atomic E-state index is 13.1. The third kappa shape index (κ3) is 3.03. The Labute approximate surface area is 126 Å². The fourth-order valence-electron chi connectivity index (χ4n) is 2.33. The number of anilines is 1. The van der Waals surface area contributed by atoms with Gasteiger partial charge in [0.2, 0.25) is 5.91 Å². The zero-order chi connectivity index (χ0) is 15.1. The van der Waals surface area contributed by atoms with Gasteiger partial charge < -0.3 is 4.90 Å². The van der Waals surface area contributed by atoms with E-state index in [-0.39, 0.29) is 24.8 Å². The summed E-state index contributed by atoms with van der Waals surface area (Å²) < 4.78 is 35.9. The molecule has 110 valence electrons. The summed E-state index contributed by atoms with van der Waals surface area (Å²) in [4.78, 5) is 13.3. The normalized spacial score (nSPS) is 19.9. The van der Waals surface area contributed by atoms with E-state index in [0.29, 0.717) is 5.69 Å². The molecule has 0 radical (unpaired) electrons. The van der Waals surface area contributed by atoms with Gasteiger partial charge in [0.15, 0.2) is 0 Å². The van der Waals surface area contributed by atoms with Gasteiger partial charge in [-0.15, -0.1) is 3.89 Å². The molecule has 7 heteroatoms. The van der Waals surface area contributed by atoms with Crippen molar-refractivity contribution in [1.82, 2.24) is 0 Å². The third-order valence-electron chi connectivity index (χ3n) is 3.39. The van der Waals surface area contributed by atoms with Crippen LogP contribution in [-0.4, -0.2) is 26.1 Å². The maximum atomic E-state index is 13.1. The molecule has 1 aromatic carbocycles. The summed E-state index contributed by atoms with van der Waals surface area (Å²) in [6.45, 7) is 3.84. The van der Waals surface area contributed by atoms with Gasteiger partial charge in [-0.2, -0.15) is 8.42 Å². The number of rotatable bonds is 3. The van der Waals surface area contributed by atoms with Crippen molar-refractivity contribution in [2.45, 2.75) is 31.4 Å². The fourth-order valence-corrected chi connectivity index (χ4v) is 3.38. The highest BCUT2D eigenvalue weighted by Gasteiger charge is 2.39. The van der Waals surface area contributed by atoms with Crippen molar-refractivity contribution in [3.05, 3.63) is 28.2 Å². The predicted octanol–water partition coefficient (Wildman–Crippen LogP) is 2.98. The van der Waals surface area contributed by atoms with Crippen molar-refractivity contribution < 1.29 is 17.1 Å². The maximum Gasteiger partial charge on any atom is 0.307 e. The standard InChI is InChI=1S/C13H15BrFNO3S/c1-8(2)11-5-9(14)3-4-12(11)16-7-10(6-13(16)17)20(15,18)19/h3-5,8,10H,6-7H2,1-2H3. The van der Waals surface area contributed by atoms with Crippen LogP contribution in [0.2, 0.25) is 0 Å². The van der Waals surface area contributed by atoms with Gasteiger partial charge in [0, 0.05) is 23.1 Å². The molecular weight excluding hydrogens is 349 g/mol. The number of hydrogen-bond acceptors (Lipinski definition) is 3. The second-order valence-electron chi connectivity index (χ2n) is 5.16. The van der Waals surface area contributed by atoms with E-state index in [4.69, 9.17) is 0 Å². The van der Waals surface area contributed by atoms with E-state index in [2.05, 4.69) is 15.9 Å². The molecule has 0 saturated carbocycles. The van der Waals surface area contributed by atoms with Crippen molar-refractivity contribution in [2.75, 3.05) is 11.4 Å². The molecule has 2 rings (SSSR count). The van der Waals surface area contributed by atoms with Crippen LogP contribution in [-0.2, 0) is 15.0 Å². The Bertz CT molecular complexity index is 645. The van der Waals surface area contributed by atoms with Crippen molar-refractivity contribution >= 4 is 37.7 Å². The van der Waals surface area contributed by atoms with Gasteiger partial charge in [-0.3, -0.25) is 4.79 Å². The minimum Gasteiger partial charge on any atom is -0.311 e. The molecule has 0 aromatic heterocycles. The second-order valence-corrected chi connectivity index (χ2v) is 7.70. The van der Waals surface area contributed by atoms with E-state index in [1.165, 1.54) is 4.90 Å². The van der Waals surface area contributed by atoms with Gasteiger partial charge >= 0.3 is 10.2 Å². The summed E-state index contributed by atoms with van der Waals surface area (Å²) in [5, 5.41) is -1.27. The number of nitrogens with zero attached hydrogens (tertiary/aromatic N) is 1. The zero-order valence-electron chi connectivity index (χ0n) is 11.1. The van der Waals surface area contributed by atoms with Crippen molar-refractivity contribution in [3.63, 3.8) is 0 Å². The van der Waals surface area contributed by atoms with Gasteiger partial charge in [-0.05, 0) is 29.7 Å². The molecular formula is C13H15BrFNO3S. The van der Waals surface area contributed by atoms with Crippen LogP contribution in [0, 0.1) is 0 Å². The van der Waals surface area contributed by atoms with E-state index in [9.17, 15) is 17.1 Å². The molecule has 0 aliphatic carbocycles. The van der Waals surface area contributed by atoms with Gasteiger partial charge in [-0.25, -0.2) is 0 Å². The molecule has 4 nitrogen and oxygen atoms in total. The molecule has 20 heavy (non-hydrogen) atoms. The van der Waals surface area contributed by atoms with E-state index >= 15 is 0 Å². The molecule has 1 amide bonds. The zero-order valence-corrected chi connectivity index (χ0v) is 13.5. The summed E-state index contributed by atoms with van der Waals surface area (Å²) in [6.07, 6.45) is -0.299. The molecule has 1 unspecified atom stereocenters. The number of benzene rings is 1. The molecule has 0 N–H and O–H groups in total. The fraction of sp³-hybridized carbons (Fsp3) is 0.462. The van der Waals surface area contributed by atoms with Gasteiger partial charge in [-0.1, -0.05) is 29.8 Å². The Kier molecular flexibility index (Phi) is 4.20. The van der Waals surface area contributed by atoms with Crippen molar-refractivity contribution in [2.24, 2.45) is 0 Å². The summed E-state index contributed by atoms with van der Waals surface area (Å²) in [6, 6.07) is 5.43. The smallest absolute Gasteiger partial charge is 0.307 e. The van der Waals surface area contributed by atoms with Gasteiger partial charge in [0.25, 0.3) is 0 Å². The highest BCUT2D eigenvalue weighted by Crippen LogP contribution is 2.34. The minimum absolute atomic E-state index is 0.126. The topological polar surface area (TPSA) is 54.5 Å². The quantitative estimate of drug-likeness (QED) is 0.775. The van der Waals surface area contributed by atoms with Crippen LogP contribution in [0.15, 0.2) is 22.7 Å². The van der Waals surface area contributed by atoms with Crippen LogP contribution in [0.3, 0.4) is 0 Å². The van der Waals surface area contributed by atoms with Crippen LogP contribution in [0.25, 0.3) is 0 Å². The van der Waals surface area contributed by atoms with E-state index in [1.807, 2.05) is 19.9 Å². The summed E-state index contributed by atoms with van der Waals surface area (Å²) >= 11 is 3.37. The third-order valence-corrected chi connectivity index (χ3v) is 5.00. The Morgan fingerprint density at radius 3 is 2.55 bits per heavy atom. The van der Waals surface area contributed by atoms with Crippen molar-refractivity contribution in [1.29, 1.82) is 0 Å². The Balaban J connectivity index is 2.40. The molecule has 1 aliphatic heterocycles. The summed E-state index contributed by atoms with van der Waals surface area (Å²) in [5.74, 6) is -0.197. The number of amides is 1. The van der Waals surface area contributed by atoms with Crippen LogP contribution < -0.4 is 4.90 Å². The summed E-state index contributed by atoms with van der Waals surface area (Å²) in [5.41, 5.74) is 1.57. The monoisotopic (exact) mass is 363 g/mol. The summed E-state index contributed by atoms with van der Waals surface area (Å²) in [7, 11) is -4.69. The molecule has 1 aromatic rings. The molecule has 1 heterocycles. The van der Waals surface area contributed by atoms with E-state index < -0.39 is 15.5 Å². The lowest BCUT2D eigenvalue weighted by molar-refractivity contribution is -0.117. The van der Waals surface area contributed by atoms with E-state index in [0.717, 1.165) is 10.0 Å². The number of halogens is 2. The Morgan fingerprint density at radius 1 is 1.40 bits per heavy atom. The Morgan fingerprint density at radius 2 is 2.05 bits per heavy atom. The van der Waals surface area contributed by atoms with Crippen LogP contribution in [0.1, 0.15) is 31.7 Å². The highest BCUT2D eigenvalue weighted by atomic mass is 79.9. The number of carbonyl (C=O) groups is 1. The van der Waals surface area contributed by atoms with Crippen LogP contribution >= 0.6 is 15.9 Å². The average molecular weight is 364 g/mol. The lowest BCUT2D eigenvalue weighted by Gasteiger charge is -2.22. The van der Waals surface area contributed by atoms with Gasteiger partial charge in [0.05, 0.1) is 0 Å². The number of carbonyl (C=O) groups excluding carboxylic acids is 1.